The number of allylic oxidation sites excluding steroid dienone is 1. The van der Waals surface area contributed by atoms with Gasteiger partial charge in [0.05, 0.1) is 0 Å². The van der Waals surface area contributed by atoms with Crippen molar-refractivity contribution in [3.8, 4) is 12.3 Å². The SMILES string of the molecule is C#CCCCCCCCCCC=C. The van der Waals surface area contributed by atoms with Crippen molar-refractivity contribution in [1.82, 2.24) is 0 Å². The lowest BCUT2D eigenvalue weighted by molar-refractivity contribution is 0.585. The molecule has 0 aromatic rings. The smallest absolute Gasteiger partial charge is 0.00860 e. The van der Waals surface area contributed by atoms with Crippen LogP contribution >= 0.6 is 0 Å². The second-order valence-electron chi connectivity index (χ2n) is 3.51. The van der Waals surface area contributed by atoms with Crippen molar-refractivity contribution in [1.29, 1.82) is 0 Å². The average molecular weight is 178 g/mol. The van der Waals surface area contributed by atoms with E-state index in [2.05, 4.69) is 12.5 Å². The molecule has 13 heavy (non-hydrogen) atoms. The Morgan fingerprint density at radius 2 is 1.46 bits per heavy atom. The Hall–Kier alpha value is -0.700. The predicted molar refractivity (Wildman–Crippen MR) is 60.6 cm³/mol. The molecule has 0 bridgehead atoms. The molecule has 0 radical (unpaired) electrons. The summed E-state index contributed by atoms with van der Waals surface area (Å²) in [6.45, 7) is 3.71. The summed E-state index contributed by atoms with van der Waals surface area (Å²) >= 11 is 0. The minimum atomic E-state index is 0.955. The first-order valence-corrected chi connectivity index (χ1v) is 5.46. The van der Waals surface area contributed by atoms with Gasteiger partial charge in [-0.1, -0.05) is 38.2 Å². The maximum Gasteiger partial charge on any atom is 0.00860 e. The van der Waals surface area contributed by atoms with E-state index in [4.69, 9.17) is 6.42 Å². The number of terminal acetylenes is 1. The molecule has 0 spiro atoms. The van der Waals surface area contributed by atoms with Gasteiger partial charge in [0.2, 0.25) is 0 Å². The second kappa shape index (κ2) is 11.3. The molecule has 74 valence electrons. The Morgan fingerprint density at radius 3 is 2.00 bits per heavy atom. The monoisotopic (exact) mass is 178 g/mol. The van der Waals surface area contributed by atoms with Crippen LogP contribution in [0.3, 0.4) is 0 Å². The molecular formula is C13H22. The Morgan fingerprint density at radius 1 is 0.923 bits per heavy atom. The molecule has 0 aliphatic rings. The summed E-state index contributed by atoms with van der Waals surface area (Å²) in [5, 5.41) is 0. The summed E-state index contributed by atoms with van der Waals surface area (Å²) < 4.78 is 0. The van der Waals surface area contributed by atoms with Gasteiger partial charge in [-0.15, -0.1) is 18.9 Å². The van der Waals surface area contributed by atoms with Crippen LogP contribution in [0.5, 0.6) is 0 Å². The third kappa shape index (κ3) is 11.3. The summed E-state index contributed by atoms with van der Waals surface area (Å²) in [7, 11) is 0. The first-order chi connectivity index (χ1) is 6.41. The molecule has 0 aliphatic heterocycles. The van der Waals surface area contributed by atoms with Crippen molar-refractivity contribution in [2.45, 2.75) is 57.8 Å². The third-order valence-electron chi connectivity index (χ3n) is 2.23. The highest BCUT2D eigenvalue weighted by atomic mass is 14.0. The van der Waals surface area contributed by atoms with Crippen molar-refractivity contribution in [2.24, 2.45) is 0 Å². The molecule has 0 saturated carbocycles. The highest BCUT2D eigenvalue weighted by Gasteiger charge is 1.90. The topological polar surface area (TPSA) is 0 Å². The quantitative estimate of drug-likeness (QED) is 0.280. The van der Waals surface area contributed by atoms with Gasteiger partial charge in [-0.25, -0.2) is 0 Å². The van der Waals surface area contributed by atoms with E-state index in [1.807, 2.05) is 6.08 Å². The van der Waals surface area contributed by atoms with Gasteiger partial charge in [0.25, 0.3) is 0 Å². The second-order valence-corrected chi connectivity index (χ2v) is 3.51. The van der Waals surface area contributed by atoms with Crippen LogP contribution in [0.25, 0.3) is 0 Å². The van der Waals surface area contributed by atoms with Crippen LogP contribution in [-0.4, -0.2) is 0 Å². The van der Waals surface area contributed by atoms with E-state index in [-0.39, 0.29) is 0 Å². The summed E-state index contributed by atoms with van der Waals surface area (Å²) in [5.74, 6) is 2.68. The fourth-order valence-corrected chi connectivity index (χ4v) is 1.40. The van der Waals surface area contributed by atoms with Crippen LogP contribution in [0, 0.1) is 12.3 Å². The molecule has 0 aliphatic carbocycles. The van der Waals surface area contributed by atoms with E-state index in [0.29, 0.717) is 0 Å². The molecule has 0 aromatic carbocycles. The Balaban J connectivity index is 2.84. The summed E-state index contributed by atoms with van der Waals surface area (Å²) in [6, 6.07) is 0. The maximum atomic E-state index is 5.16. The molecule has 0 N–H and O–H groups in total. The molecule has 0 rings (SSSR count). The zero-order chi connectivity index (χ0) is 9.78. The van der Waals surface area contributed by atoms with Gasteiger partial charge in [-0.3, -0.25) is 0 Å². The number of rotatable bonds is 9. The van der Waals surface area contributed by atoms with Crippen molar-refractivity contribution < 1.29 is 0 Å². The standard InChI is InChI=1S/C13H22/c1-3-5-7-9-11-13-12-10-8-6-4-2/h1,4H,2,5-13H2. The lowest BCUT2D eigenvalue weighted by Gasteiger charge is -1.99. The highest BCUT2D eigenvalue weighted by Crippen LogP contribution is 2.09. The summed E-state index contributed by atoms with van der Waals surface area (Å²) in [6.07, 6.45) is 18.6. The van der Waals surface area contributed by atoms with Crippen LogP contribution in [0.1, 0.15) is 57.8 Å². The van der Waals surface area contributed by atoms with Crippen LogP contribution < -0.4 is 0 Å². The highest BCUT2D eigenvalue weighted by molar-refractivity contribution is 4.82. The molecule has 0 aromatic heterocycles. The van der Waals surface area contributed by atoms with Crippen LogP contribution in [0.2, 0.25) is 0 Å². The summed E-state index contributed by atoms with van der Waals surface area (Å²) in [5.41, 5.74) is 0. The first kappa shape index (κ1) is 12.3. The Labute approximate surface area is 83.4 Å². The molecular weight excluding hydrogens is 156 g/mol. The van der Waals surface area contributed by atoms with Crippen LogP contribution in [-0.2, 0) is 0 Å². The lowest BCUT2D eigenvalue weighted by Crippen LogP contribution is -1.79. The van der Waals surface area contributed by atoms with E-state index in [9.17, 15) is 0 Å². The van der Waals surface area contributed by atoms with Crippen molar-refractivity contribution >= 4 is 0 Å². The fraction of sp³-hybridized carbons (Fsp3) is 0.692. The molecule has 0 fully saturated rings. The van der Waals surface area contributed by atoms with Gasteiger partial charge < -0.3 is 0 Å². The Kier molecular flexibility index (Phi) is 10.7. The van der Waals surface area contributed by atoms with Crippen LogP contribution in [0.4, 0.5) is 0 Å². The third-order valence-corrected chi connectivity index (χ3v) is 2.23. The largest absolute Gasteiger partial charge is 0.120 e. The van der Waals surface area contributed by atoms with Crippen molar-refractivity contribution in [2.75, 3.05) is 0 Å². The lowest BCUT2D eigenvalue weighted by atomic mass is 10.1. The average Bonchev–Trinajstić information content (AvgIpc) is 2.16. The predicted octanol–water partition coefficient (Wildman–Crippen LogP) is 4.32. The molecule has 0 unspecified atom stereocenters. The number of hydrogen-bond acceptors (Lipinski definition) is 0. The van der Waals surface area contributed by atoms with Gasteiger partial charge in [-0.2, -0.15) is 0 Å². The number of unbranched alkanes of at least 4 members (excludes halogenated alkanes) is 8. The van der Waals surface area contributed by atoms with E-state index in [0.717, 1.165) is 6.42 Å². The van der Waals surface area contributed by atoms with E-state index in [1.165, 1.54) is 51.4 Å². The minimum absolute atomic E-state index is 0.955. The van der Waals surface area contributed by atoms with Crippen LogP contribution in [0.15, 0.2) is 12.7 Å². The van der Waals surface area contributed by atoms with Gasteiger partial charge in [0.1, 0.15) is 0 Å². The Bertz CT molecular complexity index is 139. The first-order valence-electron chi connectivity index (χ1n) is 5.46. The van der Waals surface area contributed by atoms with Gasteiger partial charge >= 0.3 is 0 Å². The molecule has 0 amide bonds. The zero-order valence-corrected chi connectivity index (χ0v) is 8.73. The van der Waals surface area contributed by atoms with E-state index >= 15 is 0 Å². The zero-order valence-electron chi connectivity index (χ0n) is 8.73. The molecule has 0 saturated heterocycles. The molecule has 0 heterocycles. The van der Waals surface area contributed by atoms with Gasteiger partial charge in [0, 0.05) is 6.42 Å². The van der Waals surface area contributed by atoms with E-state index < -0.39 is 0 Å². The van der Waals surface area contributed by atoms with E-state index in [1.54, 1.807) is 0 Å². The molecule has 0 atom stereocenters. The minimum Gasteiger partial charge on any atom is -0.120 e. The van der Waals surface area contributed by atoms with Gasteiger partial charge in [-0.05, 0) is 19.3 Å². The fourth-order valence-electron chi connectivity index (χ4n) is 1.40. The van der Waals surface area contributed by atoms with Crippen molar-refractivity contribution in [3.63, 3.8) is 0 Å². The van der Waals surface area contributed by atoms with Gasteiger partial charge in [0.15, 0.2) is 0 Å². The molecule has 0 heteroatoms. The normalized spacial score (nSPS) is 9.46. The number of hydrogen-bond donors (Lipinski definition) is 0. The maximum absolute atomic E-state index is 5.16. The summed E-state index contributed by atoms with van der Waals surface area (Å²) in [4.78, 5) is 0. The molecule has 0 nitrogen and oxygen atoms in total. The van der Waals surface area contributed by atoms with Crippen molar-refractivity contribution in [3.05, 3.63) is 12.7 Å².